The zero-order valence-corrected chi connectivity index (χ0v) is 9.69. The van der Waals surface area contributed by atoms with Crippen LogP contribution in [0, 0.1) is 23.7 Å². The zero-order chi connectivity index (χ0) is 11.1. The lowest BCUT2D eigenvalue weighted by molar-refractivity contribution is -0.123. The van der Waals surface area contributed by atoms with E-state index in [1.165, 1.54) is 19.3 Å². The highest BCUT2D eigenvalue weighted by molar-refractivity contribution is 5.82. The highest BCUT2D eigenvalue weighted by Gasteiger charge is 2.56. The molecule has 3 fully saturated rings. The van der Waals surface area contributed by atoms with E-state index in [0.29, 0.717) is 23.7 Å². The highest BCUT2D eigenvalue weighted by atomic mass is 16.3. The molecule has 0 saturated heterocycles. The van der Waals surface area contributed by atoms with Crippen molar-refractivity contribution in [2.75, 3.05) is 6.54 Å². The molecule has 90 valence electrons. The van der Waals surface area contributed by atoms with Gasteiger partial charge in [-0.05, 0) is 49.9 Å². The predicted molar refractivity (Wildman–Crippen MR) is 60.7 cm³/mol. The van der Waals surface area contributed by atoms with E-state index in [9.17, 15) is 9.90 Å². The van der Waals surface area contributed by atoms with E-state index in [1.54, 1.807) is 0 Å². The lowest BCUT2D eigenvalue weighted by Gasteiger charge is -2.11. The molecule has 3 saturated carbocycles. The summed E-state index contributed by atoms with van der Waals surface area (Å²) in [4.78, 5) is 11.9. The number of aliphatic hydroxyl groups is 1. The Labute approximate surface area is 96.6 Å². The average molecular weight is 223 g/mol. The third-order valence-electron chi connectivity index (χ3n) is 4.79. The molecule has 3 rings (SSSR count). The summed E-state index contributed by atoms with van der Waals surface area (Å²) in [6.07, 6.45) is 6.60. The Bertz CT molecular complexity index is 282. The number of hydrogen-bond donors (Lipinski definition) is 2. The second-order valence-corrected chi connectivity index (χ2v) is 5.86. The molecule has 3 aliphatic carbocycles. The van der Waals surface area contributed by atoms with Crippen molar-refractivity contribution < 1.29 is 9.90 Å². The van der Waals surface area contributed by atoms with E-state index in [4.69, 9.17) is 0 Å². The van der Waals surface area contributed by atoms with E-state index in [2.05, 4.69) is 5.32 Å². The number of carbonyl (C=O) groups is 1. The first-order chi connectivity index (χ1) is 7.75. The molecule has 3 aliphatic rings. The fourth-order valence-electron chi connectivity index (χ4n) is 3.81. The number of aliphatic hydroxyl groups excluding tert-OH is 1. The molecule has 4 atom stereocenters. The van der Waals surface area contributed by atoms with E-state index < -0.39 is 0 Å². The number of fused-ring (bicyclic) bond motifs is 1. The Kier molecular flexibility index (Phi) is 2.66. The van der Waals surface area contributed by atoms with E-state index in [-0.39, 0.29) is 12.0 Å². The van der Waals surface area contributed by atoms with Crippen LogP contribution in [0.25, 0.3) is 0 Å². The Morgan fingerprint density at radius 1 is 1.19 bits per heavy atom. The Balaban J connectivity index is 1.41. The third kappa shape index (κ3) is 1.86. The third-order valence-corrected chi connectivity index (χ3v) is 4.79. The smallest absolute Gasteiger partial charge is 0.223 e. The van der Waals surface area contributed by atoms with Gasteiger partial charge in [-0.3, -0.25) is 4.79 Å². The van der Waals surface area contributed by atoms with E-state index in [1.807, 2.05) is 0 Å². The summed E-state index contributed by atoms with van der Waals surface area (Å²) >= 11 is 0. The maximum Gasteiger partial charge on any atom is 0.223 e. The number of amides is 1. The molecule has 0 bridgehead atoms. The van der Waals surface area contributed by atoms with Gasteiger partial charge in [0, 0.05) is 12.5 Å². The quantitative estimate of drug-likeness (QED) is 0.758. The van der Waals surface area contributed by atoms with Crippen molar-refractivity contribution in [3.8, 4) is 0 Å². The van der Waals surface area contributed by atoms with Gasteiger partial charge in [0.05, 0.1) is 6.10 Å². The maximum absolute atomic E-state index is 11.9. The zero-order valence-electron chi connectivity index (χ0n) is 9.69. The van der Waals surface area contributed by atoms with Crippen LogP contribution in [0.5, 0.6) is 0 Å². The second-order valence-electron chi connectivity index (χ2n) is 5.86. The molecule has 0 aromatic heterocycles. The maximum atomic E-state index is 11.9. The molecule has 0 aromatic rings. The van der Waals surface area contributed by atoms with Crippen molar-refractivity contribution in [2.24, 2.45) is 23.7 Å². The molecule has 3 nitrogen and oxygen atoms in total. The summed E-state index contributed by atoms with van der Waals surface area (Å²) in [5, 5.41) is 12.5. The fourth-order valence-corrected chi connectivity index (χ4v) is 3.81. The number of hydrogen-bond acceptors (Lipinski definition) is 2. The van der Waals surface area contributed by atoms with E-state index in [0.717, 1.165) is 25.8 Å². The summed E-state index contributed by atoms with van der Waals surface area (Å²) in [5.41, 5.74) is 0. The standard InChI is InChI=1S/C13H21NO2/c15-9-5-4-8(6-9)7-14-13(16)12-10-2-1-3-11(10)12/h8-12,15H,1-7H2,(H,14,16). The van der Waals surface area contributed by atoms with Crippen molar-refractivity contribution in [1.82, 2.24) is 5.32 Å². The lowest BCUT2D eigenvalue weighted by atomic mass is 10.1. The minimum absolute atomic E-state index is 0.123. The molecule has 0 radical (unpaired) electrons. The van der Waals surface area contributed by atoms with Gasteiger partial charge in [-0.1, -0.05) is 6.42 Å². The van der Waals surface area contributed by atoms with Crippen molar-refractivity contribution >= 4 is 5.91 Å². The Morgan fingerprint density at radius 2 is 1.94 bits per heavy atom. The van der Waals surface area contributed by atoms with Gasteiger partial charge in [0.25, 0.3) is 0 Å². The molecule has 0 spiro atoms. The highest BCUT2D eigenvalue weighted by Crippen LogP contribution is 2.57. The van der Waals surface area contributed by atoms with Gasteiger partial charge in [-0.2, -0.15) is 0 Å². The Hall–Kier alpha value is -0.570. The molecule has 16 heavy (non-hydrogen) atoms. The summed E-state index contributed by atoms with van der Waals surface area (Å²) in [7, 11) is 0. The van der Waals surface area contributed by atoms with Crippen molar-refractivity contribution in [2.45, 2.75) is 44.6 Å². The largest absolute Gasteiger partial charge is 0.393 e. The molecule has 0 aliphatic heterocycles. The monoisotopic (exact) mass is 223 g/mol. The first-order valence-corrected chi connectivity index (χ1v) is 6.71. The van der Waals surface area contributed by atoms with Crippen LogP contribution in [0.15, 0.2) is 0 Å². The minimum atomic E-state index is -0.123. The summed E-state index contributed by atoms with van der Waals surface area (Å²) in [5.74, 6) is 2.58. The van der Waals surface area contributed by atoms with Crippen molar-refractivity contribution in [1.29, 1.82) is 0 Å². The lowest BCUT2D eigenvalue weighted by Crippen LogP contribution is -2.31. The van der Waals surface area contributed by atoms with Gasteiger partial charge in [-0.25, -0.2) is 0 Å². The fraction of sp³-hybridized carbons (Fsp3) is 0.923. The minimum Gasteiger partial charge on any atom is -0.393 e. The molecule has 0 aromatic carbocycles. The topological polar surface area (TPSA) is 49.3 Å². The van der Waals surface area contributed by atoms with Crippen LogP contribution in [-0.4, -0.2) is 23.7 Å². The van der Waals surface area contributed by atoms with Crippen molar-refractivity contribution in [3.05, 3.63) is 0 Å². The number of rotatable bonds is 3. The summed E-state index contributed by atoms with van der Waals surface area (Å²) in [6, 6.07) is 0. The van der Waals surface area contributed by atoms with Gasteiger partial charge in [0.2, 0.25) is 5.91 Å². The van der Waals surface area contributed by atoms with Crippen molar-refractivity contribution in [3.63, 3.8) is 0 Å². The molecular weight excluding hydrogens is 202 g/mol. The average Bonchev–Trinajstić information content (AvgIpc) is 2.68. The van der Waals surface area contributed by atoms with Crippen LogP contribution in [-0.2, 0) is 4.79 Å². The molecule has 1 amide bonds. The summed E-state index contributed by atoms with van der Waals surface area (Å²) in [6.45, 7) is 0.784. The van der Waals surface area contributed by atoms with Crippen LogP contribution in [0.3, 0.4) is 0 Å². The first kappa shape index (κ1) is 10.6. The predicted octanol–water partition coefficient (Wildman–Crippen LogP) is 1.31. The Morgan fingerprint density at radius 3 is 2.56 bits per heavy atom. The molecule has 0 heterocycles. The molecule has 3 heteroatoms. The van der Waals surface area contributed by atoms with Gasteiger partial charge in [0.1, 0.15) is 0 Å². The second kappa shape index (κ2) is 4.02. The van der Waals surface area contributed by atoms with Crippen LogP contribution in [0.4, 0.5) is 0 Å². The molecule has 2 N–H and O–H groups in total. The van der Waals surface area contributed by atoms with Crippen LogP contribution >= 0.6 is 0 Å². The van der Waals surface area contributed by atoms with Gasteiger partial charge in [0.15, 0.2) is 0 Å². The van der Waals surface area contributed by atoms with Gasteiger partial charge in [-0.15, -0.1) is 0 Å². The summed E-state index contributed by atoms with van der Waals surface area (Å²) < 4.78 is 0. The molecule has 4 unspecified atom stereocenters. The first-order valence-electron chi connectivity index (χ1n) is 6.71. The van der Waals surface area contributed by atoms with Crippen LogP contribution in [0.1, 0.15) is 38.5 Å². The van der Waals surface area contributed by atoms with Gasteiger partial charge < -0.3 is 10.4 Å². The van der Waals surface area contributed by atoms with E-state index >= 15 is 0 Å². The van der Waals surface area contributed by atoms with Crippen LogP contribution < -0.4 is 5.32 Å². The van der Waals surface area contributed by atoms with Crippen LogP contribution in [0.2, 0.25) is 0 Å². The number of nitrogens with one attached hydrogen (secondary N) is 1. The SMILES string of the molecule is O=C(NCC1CCC(O)C1)C1C2CCCC21. The molecular formula is C13H21NO2. The van der Waals surface area contributed by atoms with Gasteiger partial charge >= 0.3 is 0 Å². The normalized spacial score (nSPS) is 45.4. The number of carbonyl (C=O) groups excluding carboxylic acids is 1.